The van der Waals surface area contributed by atoms with E-state index < -0.39 is 0 Å². The van der Waals surface area contributed by atoms with E-state index in [2.05, 4.69) is 57.4 Å². The summed E-state index contributed by atoms with van der Waals surface area (Å²) in [5.74, 6) is 0.949. The zero-order valence-corrected chi connectivity index (χ0v) is 14.4. The highest BCUT2D eigenvalue weighted by atomic mass is 14.9. The number of benzene rings is 1. The minimum absolute atomic E-state index is 0.253. The molecule has 0 bridgehead atoms. The van der Waals surface area contributed by atoms with Crippen LogP contribution in [0.4, 0.5) is 0 Å². The molecule has 0 heterocycles. The van der Waals surface area contributed by atoms with Crippen molar-refractivity contribution >= 4 is 0 Å². The van der Waals surface area contributed by atoms with Gasteiger partial charge >= 0.3 is 0 Å². The van der Waals surface area contributed by atoms with Gasteiger partial charge in [0.15, 0.2) is 0 Å². The van der Waals surface area contributed by atoms with E-state index in [1.165, 1.54) is 49.7 Å². The molecule has 0 aliphatic heterocycles. The molecule has 1 aliphatic rings. The zero-order valence-electron chi connectivity index (χ0n) is 14.4. The Bertz CT molecular complexity index is 406. The molecule has 1 heteroatoms. The first-order valence-electron chi connectivity index (χ1n) is 8.75. The van der Waals surface area contributed by atoms with Crippen molar-refractivity contribution in [3.8, 4) is 0 Å². The van der Waals surface area contributed by atoms with Crippen LogP contribution in [0.15, 0.2) is 24.3 Å². The van der Waals surface area contributed by atoms with Gasteiger partial charge in [-0.15, -0.1) is 0 Å². The molecule has 2 rings (SSSR count). The van der Waals surface area contributed by atoms with Crippen molar-refractivity contribution in [3.63, 3.8) is 0 Å². The number of rotatable bonds is 5. The summed E-state index contributed by atoms with van der Waals surface area (Å²) in [6.07, 6.45) is 9.75. The molecule has 118 valence electrons. The topological polar surface area (TPSA) is 12.0 Å². The second-order valence-corrected chi connectivity index (χ2v) is 7.88. The predicted octanol–water partition coefficient (Wildman–Crippen LogP) is 5.09. The highest BCUT2D eigenvalue weighted by Crippen LogP contribution is 2.28. The second kappa shape index (κ2) is 7.45. The van der Waals surface area contributed by atoms with E-state index in [1.54, 1.807) is 0 Å². The maximum atomic E-state index is 3.54. The molecule has 0 amide bonds. The molecule has 1 aromatic rings. The molecule has 1 atom stereocenters. The lowest BCUT2D eigenvalue weighted by molar-refractivity contribution is 0.302. The largest absolute Gasteiger partial charge is 0.317 e. The molecule has 21 heavy (non-hydrogen) atoms. The Labute approximate surface area is 131 Å². The highest BCUT2D eigenvalue weighted by molar-refractivity contribution is 5.28. The van der Waals surface area contributed by atoms with Crippen LogP contribution in [0.2, 0.25) is 0 Å². The average molecular weight is 287 g/mol. The summed E-state index contributed by atoms with van der Waals surface area (Å²) < 4.78 is 0. The van der Waals surface area contributed by atoms with E-state index in [4.69, 9.17) is 0 Å². The number of likely N-dealkylation sites (N-methyl/N-ethyl adjacent to an activating group) is 1. The van der Waals surface area contributed by atoms with Crippen LogP contribution in [0.25, 0.3) is 0 Å². The monoisotopic (exact) mass is 287 g/mol. The van der Waals surface area contributed by atoms with Gasteiger partial charge in [-0.25, -0.2) is 0 Å². The molecule has 1 unspecified atom stereocenters. The van der Waals surface area contributed by atoms with Gasteiger partial charge in [-0.3, -0.25) is 0 Å². The molecule has 0 spiro atoms. The van der Waals surface area contributed by atoms with Crippen molar-refractivity contribution in [2.75, 3.05) is 7.05 Å². The minimum atomic E-state index is 0.253. The lowest BCUT2D eigenvalue weighted by Gasteiger charge is -2.26. The van der Waals surface area contributed by atoms with Crippen molar-refractivity contribution in [1.29, 1.82) is 0 Å². The summed E-state index contributed by atoms with van der Waals surface area (Å²) in [6.45, 7) is 6.84. The summed E-state index contributed by atoms with van der Waals surface area (Å²) >= 11 is 0. The maximum Gasteiger partial charge on any atom is 0.0107 e. The fourth-order valence-corrected chi connectivity index (χ4v) is 3.55. The third kappa shape index (κ3) is 5.14. The average Bonchev–Trinajstić information content (AvgIpc) is 2.47. The first-order chi connectivity index (χ1) is 9.99. The van der Waals surface area contributed by atoms with Crippen LogP contribution >= 0.6 is 0 Å². The summed E-state index contributed by atoms with van der Waals surface area (Å²) in [4.78, 5) is 0. The van der Waals surface area contributed by atoms with Crippen molar-refractivity contribution in [2.24, 2.45) is 5.92 Å². The fourth-order valence-electron chi connectivity index (χ4n) is 3.55. The zero-order chi connectivity index (χ0) is 15.3. The van der Waals surface area contributed by atoms with Crippen LogP contribution in [0, 0.1) is 5.92 Å². The second-order valence-electron chi connectivity index (χ2n) is 7.88. The van der Waals surface area contributed by atoms with Crippen molar-refractivity contribution in [2.45, 2.75) is 77.2 Å². The van der Waals surface area contributed by atoms with E-state index in [-0.39, 0.29) is 5.41 Å². The van der Waals surface area contributed by atoms with Gasteiger partial charge in [0, 0.05) is 6.04 Å². The lowest BCUT2D eigenvalue weighted by Crippen LogP contribution is -2.30. The van der Waals surface area contributed by atoms with Crippen LogP contribution in [-0.2, 0) is 11.8 Å². The first-order valence-corrected chi connectivity index (χ1v) is 8.75. The molecule has 1 nitrogen and oxygen atoms in total. The predicted molar refractivity (Wildman–Crippen MR) is 92.9 cm³/mol. The third-order valence-corrected chi connectivity index (χ3v) is 5.05. The highest BCUT2D eigenvalue weighted by Gasteiger charge is 2.19. The molecule has 0 radical (unpaired) electrons. The van der Waals surface area contributed by atoms with E-state index in [0.29, 0.717) is 6.04 Å². The van der Waals surface area contributed by atoms with Crippen LogP contribution < -0.4 is 5.32 Å². The summed E-state index contributed by atoms with van der Waals surface area (Å²) in [5, 5.41) is 3.54. The van der Waals surface area contributed by atoms with Gasteiger partial charge in [0.1, 0.15) is 0 Å². The van der Waals surface area contributed by atoms with E-state index in [0.717, 1.165) is 12.3 Å². The smallest absolute Gasteiger partial charge is 0.0107 e. The van der Waals surface area contributed by atoms with Gasteiger partial charge in [0.05, 0.1) is 0 Å². The Morgan fingerprint density at radius 2 is 1.67 bits per heavy atom. The number of nitrogens with one attached hydrogen (secondary N) is 1. The van der Waals surface area contributed by atoms with Crippen LogP contribution in [-0.4, -0.2) is 13.1 Å². The molecule has 0 saturated heterocycles. The van der Waals surface area contributed by atoms with E-state index >= 15 is 0 Å². The standard InChI is InChI=1S/C20H33N/c1-20(2,3)18-12-10-17(11-13-18)15-19(21-4)14-16-8-6-5-7-9-16/h10-13,16,19,21H,5-9,14-15H2,1-4H3. The Hall–Kier alpha value is -0.820. The molecule has 1 saturated carbocycles. The Morgan fingerprint density at radius 1 is 1.05 bits per heavy atom. The van der Waals surface area contributed by atoms with Gasteiger partial charge in [0.25, 0.3) is 0 Å². The van der Waals surface area contributed by atoms with Crippen LogP contribution in [0.3, 0.4) is 0 Å². The van der Waals surface area contributed by atoms with Crippen molar-refractivity contribution < 1.29 is 0 Å². The van der Waals surface area contributed by atoms with Gasteiger partial charge < -0.3 is 5.32 Å². The van der Waals surface area contributed by atoms with Crippen molar-refractivity contribution in [3.05, 3.63) is 35.4 Å². The minimum Gasteiger partial charge on any atom is -0.317 e. The number of hydrogen-bond donors (Lipinski definition) is 1. The van der Waals surface area contributed by atoms with Gasteiger partial charge in [-0.1, -0.05) is 77.1 Å². The molecule has 1 aliphatic carbocycles. The molecular formula is C20H33N. The van der Waals surface area contributed by atoms with Gasteiger partial charge in [0.2, 0.25) is 0 Å². The molecule has 1 N–H and O–H groups in total. The van der Waals surface area contributed by atoms with Gasteiger partial charge in [-0.2, -0.15) is 0 Å². The van der Waals surface area contributed by atoms with E-state index in [1.807, 2.05) is 0 Å². The first kappa shape index (κ1) is 16.5. The van der Waals surface area contributed by atoms with Crippen LogP contribution in [0.5, 0.6) is 0 Å². The normalized spacial score (nSPS) is 18.7. The third-order valence-electron chi connectivity index (χ3n) is 5.05. The molecule has 1 aromatic carbocycles. The molecule has 1 fully saturated rings. The Kier molecular flexibility index (Phi) is 5.87. The quantitative estimate of drug-likeness (QED) is 0.796. The lowest BCUT2D eigenvalue weighted by atomic mass is 9.83. The summed E-state index contributed by atoms with van der Waals surface area (Å²) in [7, 11) is 2.12. The van der Waals surface area contributed by atoms with Gasteiger partial charge in [-0.05, 0) is 42.3 Å². The van der Waals surface area contributed by atoms with E-state index in [9.17, 15) is 0 Å². The Balaban J connectivity index is 1.91. The fraction of sp³-hybridized carbons (Fsp3) is 0.700. The summed E-state index contributed by atoms with van der Waals surface area (Å²) in [6, 6.07) is 9.90. The molecule has 0 aromatic heterocycles. The SMILES string of the molecule is CNC(Cc1ccc(C(C)(C)C)cc1)CC1CCCCC1. The number of hydrogen-bond acceptors (Lipinski definition) is 1. The van der Waals surface area contributed by atoms with Crippen molar-refractivity contribution in [1.82, 2.24) is 5.32 Å². The maximum absolute atomic E-state index is 3.54. The Morgan fingerprint density at radius 3 is 2.19 bits per heavy atom. The summed E-state index contributed by atoms with van der Waals surface area (Å²) in [5.41, 5.74) is 3.15. The molecular weight excluding hydrogens is 254 g/mol. The van der Waals surface area contributed by atoms with Crippen LogP contribution in [0.1, 0.15) is 70.4 Å².